The van der Waals surface area contributed by atoms with E-state index in [1.807, 2.05) is 0 Å². The summed E-state index contributed by atoms with van der Waals surface area (Å²) in [6, 6.07) is 0.492. The Morgan fingerprint density at radius 2 is 2.00 bits per heavy atom. The van der Waals surface area contributed by atoms with Crippen molar-refractivity contribution in [3.8, 4) is 0 Å². The van der Waals surface area contributed by atoms with E-state index >= 15 is 0 Å². The molecule has 0 aromatic heterocycles. The lowest BCUT2D eigenvalue weighted by Gasteiger charge is -2.37. The van der Waals surface area contributed by atoms with Gasteiger partial charge in [0.1, 0.15) is 0 Å². The van der Waals surface area contributed by atoms with E-state index < -0.39 is 0 Å². The highest BCUT2D eigenvalue weighted by Gasteiger charge is 2.37. The first kappa shape index (κ1) is 15.3. The lowest BCUT2D eigenvalue weighted by molar-refractivity contribution is 0.171. The van der Waals surface area contributed by atoms with Crippen LogP contribution < -0.4 is 11.1 Å². The highest BCUT2D eigenvalue weighted by Crippen LogP contribution is 2.34. The normalized spacial score (nSPS) is 40.3. The molecule has 4 N–H and O–H groups in total. The lowest BCUT2D eigenvalue weighted by atomic mass is 9.87. The summed E-state index contributed by atoms with van der Waals surface area (Å²) in [7, 11) is 0. The molecule has 3 nitrogen and oxygen atoms in total. The van der Waals surface area contributed by atoms with Crippen molar-refractivity contribution in [3.63, 3.8) is 0 Å². The SMILES string of the molecule is CCC1CCCC(CN)(NC2CCCC2CO)CC1. The maximum absolute atomic E-state index is 9.49. The molecular formula is C16H32N2O. The van der Waals surface area contributed by atoms with E-state index in [9.17, 15) is 5.11 Å². The van der Waals surface area contributed by atoms with Crippen molar-refractivity contribution in [2.24, 2.45) is 17.6 Å². The number of aliphatic hydroxyl groups is 1. The predicted octanol–water partition coefficient (Wildman–Crippen LogP) is 2.42. The fourth-order valence-electron chi connectivity index (χ4n) is 4.13. The van der Waals surface area contributed by atoms with Crippen LogP contribution in [-0.4, -0.2) is 29.8 Å². The summed E-state index contributed by atoms with van der Waals surface area (Å²) in [6.07, 6.45) is 11.4. The van der Waals surface area contributed by atoms with Gasteiger partial charge in [-0.3, -0.25) is 0 Å². The van der Waals surface area contributed by atoms with Gasteiger partial charge in [-0.05, 0) is 43.9 Å². The van der Waals surface area contributed by atoms with Gasteiger partial charge in [0.25, 0.3) is 0 Å². The van der Waals surface area contributed by atoms with Crippen LogP contribution in [0.4, 0.5) is 0 Å². The van der Waals surface area contributed by atoms with Crippen molar-refractivity contribution in [1.29, 1.82) is 0 Å². The van der Waals surface area contributed by atoms with E-state index in [-0.39, 0.29) is 5.54 Å². The Balaban J connectivity index is 1.97. The summed E-state index contributed by atoms with van der Waals surface area (Å²) in [5.41, 5.74) is 6.28. The van der Waals surface area contributed by atoms with E-state index in [1.54, 1.807) is 0 Å². The molecule has 2 rings (SSSR count). The Labute approximate surface area is 118 Å². The molecule has 112 valence electrons. The molecule has 2 aliphatic carbocycles. The highest BCUT2D eigenvalue weighted by molar-refractivity contribution is 4.97. The fourth-order valence-corrected chi connectivity index (χ4v) is 4.13. The van der Waals surface area contributed by atoms with Crippen LogP contribution in [0.5, 0.6) is 0 Å². The molecule has 0 aromatic carbocycles. The minimum Gasteiger partial charge on any atom is -0.396 e. The summed E-state index contributed by atoms with van der Waals surface area (Å²) in [5.74, 6) is 1.35. The van der Waals surface area contributed by atoms with Crippen LogP contribution in [-0.2, 0) is 0 Å². The minimum atomic E-state index is 0.145. The first-order valence-corrected chi connectivity index (χ1v) is 8.31. The van der Waals surface area contributed by atoms with Gasteiger partial charge in [0.2, 0.25) is 0 Å². The Morgan fingerprint density at radius 3 is 2.68 bits per heavy atom. The molecule has 0 radical (unpaired) electrons. The molecule has 0 aromatic rings. The lowest BCUT2D eigenvalue weighted by Crippen LogP contribution is -2.56. The van der Waals surface area contributed by atoms with E-state index in [1.165, 1.54) is 57.8 Å². The summed E-state index contributed by atoms with van der Waals surface area (Å²) < 4.78 is 0. The van der Waals surface area contributed by atoms with Crippen molar-refractivity contribution in [1.82, 2.24) is 5.32 Å². The summed E-state index contributed by atoms with van der Waals surface area (Å²) in [6.45, 7) is 3.39. The minimum absolute atomic E-state index is 0.145. The van der Waals surface area contributed by atoms with Gasteiger partial charge in [-0.2, -0.15) is 0 Å². The number of hydrogen-bond donors (Lipinski definition) is 3. The second-order valence-corrected chi connectivity index (χ2v) is 6.81. The van der Waals surface area contributed by atoms with Gasteiger partial charge in [-0.15, -0.1) is 0 Å². The van der Waals surface area contributed by atoms with Gasteiger partial charge in [0.05, 0.1) is 0 Å². The van der Waals surface area contributed by atoms with Gasteiger partial charge < -0.3 is 16.2 Å². The van der Waals surface area contributed by atoms with E-state index in [0.29, 0.717) is 18.6 Å². The monoisotopic (exact) mass is 268 g/mol. The Hall–Kier alpha value is -0.120. The van der Waals surface area contributed by atoms with Gasteiger partial charge >= 0.3 is 0 Å². The molecule has 0 aliphatic heterocycles. The molecule has 0 amide bonds. The van der Waals surface area contributed by atoms with Crippen LogP contribution in [0.3, 0.4) is 0 Å². The van der Waals surface area contributed by atoms with Crippen molar-refractivity contribution >= 4 is 0 Å². The van der Waals surface area contributed by atoms with Crippen LogP contribution in [0.25, 0.3) is 0 Å². The smallest absolute Gasteiger partial charge is 0.0474 e. The molecule has 0 spiro atoms. The molecule has 2 saturated carbocycles. The van der Waals surface area contributed by atoms with Gasteiger partial charge in [-0.25, -0.2) is 0 Å². The van der Waals surface area contributed by atoms with Crippen LogP contribution >= 0.6 is 0 Å². The first-order chi connectivity index (χ1) is 9.23. The topological polar surface area (TPSA) is 58.3 Å². The van der Waals surface area contributed by atoms with Crippen molar-refractivity contribution in [2.45, 2.75) is 76.3 Å². The maximum Gasteiger partial charge on any atom is 0.0474 e. The Morgan fingerprint density at radius 1 is 1.16 bits per heavy atom. The standard InChI is InChI=1S/C16H32N2O/c1-2-13-5-4-9-16(12-17,10-8-13)18-15-7-3-6-14(15)11-19/h13-15,18-19H,2-12,17H2,1H3. The van der Waals surface area contributed by atoms with Gasteiger partial charge in [0, 0.05) is 24.7 Å². The molecule has 2 fully saturated rings. The summed E-state index contributed by atoms with van der Waals surface area (Å²) in [5, 5.41) is 13.4. The summed E-state index contributed by atoms with van der Waals surface area (Å²) >= 11 is 0. The molecule has 3 heteroatoms. The van der Waals surface area contributed by atoms with Crippen LogP contribution in [0.1, 0.15) is 64.7 Å². The van der Waals surface area contributed by atoms with Crippen LogP contribution in [0, 0.1) is 11.8 Å². The Bertz CT molecular complexity index is 271. The predicted molar refractivity (Wildman–Crippen MR) is 80.0 cm³/mol. The zero-order valence-corrected chi connectivity index (χ0v) is 12.5. The maximum atomic E-state index is 9.49. The van der Waals surface area contributed by atoms with Gasteiger partial charge in [-0.1, -0.05) is 32.6 Å². The average molecular weight is 268 g/mol. The average Bonchev–Trinajstić information content (AvgIpc) is 2.78. The molecule has 0 heterocycles. The van der Waals surface area contributed by atoms with Crippen LogP contribution in [0.2, 0.25) is 0 Å². The molecule has 2 aliphatic rings. The molecule has 4 atom stereocenters. The number of aliphatic hydroxyl groups excluding tert-OH is 1. The molecule has 4 unspecified atom stereocenters. The van der Waals surface area contributed by atoms with E-state index in [0.717, 1.165) is 12.5 Å². The van der Waals surface area contributed by atoms with E-state index in [2.05, 4.69) is 12.2 Å². The third kappa shape index (κ3) is 3.71. The molecule has 19 heavy (non-hydrogen) atoms. The Kier molecular flexibility index (Phi) is 5.67. The molecular weight excluding hydrogens is 236 g/mol. The third-order valence-corrected chi connectivity index (χ3v) is 5.65. The zero-order chi connectivity index (χ0) is 13.7. The molecule has 0 bridgehead atoms. The van der Waals surface area contributed by atoms with E-state index in [4.69, 9.17) is 5.73 Å². The largest absolute Gasteiger partial charge is 0.396 e. The second-order valence-electron chi connectivity index (χ2n) is 6.81. The zero-order valence-electron chi connectivity index (χ0n) is 12.5. The van der Waals surface area contributed by atoms with Crippen molar-refractivity contribution in [3.05, 3.63) is 0 Å². The fraction of sp³-hybridized carbons (Fsp3) is 1.00. The second kappa shape index (κ2) is 7.05. The van der Waals surface area contributed by atoms with Crippen molar-refractivity contribution < 1.29 is 5.11 Å². The molecule has 0 saturated heterocycles. The number of nitrogens with one attached hydrogen (secondary N) is 1. The first-order valence-electron chi connectivity index (χ1n) is 8.31. The van der Waals surface area contributed by atoms with Gasteiger partial charge in [0.15, 0.2) is 0 Å². The summed E-state index contributed by atoms with van der Waals surface area (Å²) in [4.78, 5) is 0. The number of nitrogens with two attached hydrogens (primary N) is 1. The quantitative estimate of drug-likeness (QED) is 0.671. The van der Waals surface area contributed by atoms with Crippen LogP contribution in [0.15, 0.2) is 0 Å². The third-order valence-electron chi connectivity index (χ3n) is 5.65. The van der Waals surface area contributed by atoms with Crippen molar-refractivity contribution in [2.75, 3.05) is 13.2 Å². The highest BCUT2D eigenvalue weighted by atomic mass is 16.3. The number of hydrogen-bond acceptors (Lipinski definition) is 3. The number of rotatable bonds is 5.